The van der Waals surface area contributed by atoms with Crippen molar-refractivity contribution in [3.8, 4) is 0 Å². The van der Waals surface area contributed by atoms with Crippen LogP contribution < -0.4 is 11.1 Å². The Morgan fingerprint density at radius 3 is 2.86 bits per heavy atom. The summed E-state index contributed by atoms with van der Waals surface area (Å²) in [5, 5.41) is 3.22. The highest BCUT2D eigenvalue weighted by atomic mass is 15.0. The molecule has 1 aromatic heterocycles. The minimum absolute atomic E-state index is 0.225. The van der Waals surface area contributed by atoms with Crippen LogP contribution in [0.15, 0.2) is 18.3 Å². The number of hydrogen-bond donors (Lipinski definition) is 2. The normalized spacial score (nSPS) is 12.5. The molecule has 0 saturated heterocycles. The molecule has 0 fully saturated rings. The minimum Gasteiger partial charge on any atom is -0.369 e. The van der Waals surface area contributed by atoms with E-state index in [0.717, 1.165) is 25.2 Å². The number of nitrogens with two attached hydrogens (primary N) is 1. The van der Waals surface area contributed by atoms with Crippen molar-refractivity contribution in [2.75, 3.05) is 11.9 Å². The van der Waals surface area contributed by atoms with Gasteiger partial charge in [0.15, 0.2) is 0 Å². The van der Waals surface area contributed by atoms with Gasteiger partial charge in [0.1, 0.15) is 5.82 Å². The first-order chi connectivity index (χ1) is 6.72. The molecule has 1 unspecified atom stereocenters. The topological polar surface area (TPSA) is 50.9 Å². The van der Waals surface area contributed by atoms with Crippen LogP contribution in [0.1, 0.15) is 25.3 Å². The maximum Gasteiger partial charge on any atom is 0.125 e. The maximum atomic E-state index is 5.87. The number of aromatic nitrogens is 1. The SMILES string of the molecule is CCCC(N)CNc1ccc(C)cn1. The van der Waals surface area contributed by atoms with Crippen LogP contribution in [0.25, 0.3) is 0 Å². The Morgan fingerprint density at radius 1 is 1.50 bits per heavy atom. The van der Waals surface area contributed by atoms with Crippen LogP contribution in [-0.4, -0.2) is 17.6 Å². The highest BCUT2D eigenvalue weighted by Crippen LogP contribution is 2.04. The Bertz CT molecular complexity index is 256. The van der Waals surface area contributed by atoms with Gasteiger partial charge in [-0.05, 0) is 25.0 Å². The highest BCUT2D eigenvalue weighted by Gasteiger charge is 2.00. The Morgan fingerprint density at radius 2 is 2.29 bits per heavy atom. The van der Waals surface area contributed by atoms with E-state index in [4.69, 9.17) is 5.73 Å². The smallest absolute Gasteiger partial charge is 0.125 e. The largest absolute Gasteiger partial charge is 0.369 e. The first-order valence-corrected chi connectivity index (χ1v) is 5.14. The second-order valence-corrected chi connectivity index (χ2v) is 3.65. The quantitative estimate of drug-likeness (QED) is 0.751. The van der Waals surface area contributed by atoms with E-state index in [2.05, 4.69) is 17.2 Å². The van der Waals surface area contributed by atoms with Gasteiger partial charge >= 0.3 is 0 Å². The van der Waals surface area contributed by atoms with E-state index in [9.17, 15) is 0 Å². The van der Waals surface area contributed by atoms with E-state index in [1.807, 2.05) is 25.3 Å². The molecule has 0 aromatic carbocycles. The summed E-state index contributed by atoms with van der Waals surface area (Å²) in [5.41, 5.74) is 7.05. The number of nitrogens with one attached hydrogen (secondary N) is 1. The summed E-state index contributed by atoms with van der Waals surface area (Å²) in [4.78, 5) is 4.24. The molecule has 1 heterocycles. The molecule has 0 amide bonds. The van der Waals surface area contributed by atoms with Gasteiger partial charge in [0, 0.05) is 18.8 Å². The zero-order valence-electron chi connectivity index (χ0n) is 8.96. The van der Waals surface area contributed by atoms with Crippen LogP contribution in [0.5, 0.6) is 0 Å². The van der Waals surface area contributed by atoms with Crippen molar-refractivity contribution in [3.63, 3.8) is 0 Å². The van der Waals surface area contributed by atoms with Crippen molar-refractivity contribution in [3.05, 3.63) is 23.9 Å². The molecule has 78 valence electrons. The van der Waals surface area contributed by atoms with Crippen LogP contribution in [0, 0.1) is 6.92 Å². The lowest BCUT2D eigenvalue weighted by atomic mass is 10.2. The van der Waals surface area contributed by atoms with Gasteiger partial charge in [-0.1, -0.05) is 19.4 Å². The molecule has 3 N–H and O–H groups in total. The summed E-state index contributed by atoms with van der Waals surface area (Å²) < 4.78 is 0. The van der Waals surface area contributed by atoms with Crippen LogP contribution in [0.2, 0.25) is 0 Å². The standard InChI is InChI=1S/C11H19N3/c1-3-4-10(12)8-14-11-6-5-9(2)7-13-11/h5-7,10H,3-4,8,12H2,1-2H3,(H,13,14). The van der Waals surface area contributed by atoms with Gasteiger partial charge in [-0.3, -0.25) is 0 Å². The lowest BCUT2D eigenvalue weighted by Crippen LogP contribution is -2.28. The number of nitrogens with zero attached hydrogens (tertiary/aromatic N) is 1. The number of rotatable bonds is 5. The van der Waals surface area contributed by atoms with Gasteiger partial charge in [-0.2, -0.15) is 0 Å². The van der Waals surface area contributed by atoms with Gasteiger partial charge in [0.2, 0.25) is 0 Å². The van der Waals surface area contributed by atoms with E-state index in [1.54, 1.807) is 0 Å². The molecule has 3 nitrogen and oxygen atoms in total. The van der Waals surface area contributed by atoms with Crippen molar-refractivity contribution in [2.45, 2.75) is 32.7 Å². The predicted octanol–water partition coefficient (Wildman–Crippen LogP) is 1.93. The number of aryl methyl sites for hydroxylation is 1. The van der Waals surface area contributed by atoms with E-state index >= 15 is 0 Å². The molecule has 0 radical (unpaired) electrons. The van der Waals surface area contributed by atoms with E-state index in [0.29, 0.717) is 0 Å². The highest BCUT2D eigenvalue weighted by molar-refractivity contribution is 5.35. The van der Waals surface area contributed by atoms with Crippen LogP contribution in [-0.2, 0) is 0 Å². The Labute approximate surface area is 85.7 Å². The van der Waals surface area contributed by atoms with Crippen LogP contribution >= 0.6 is 0 Å². The molecule has 1 atom stereocenters. The fraction of sp³-hybridized carbons (Fsp3) is 0.545. The monoisotopic (exact) mass is 193 g/mol. The first-order valence-electron chi connectivity index (χ1n) is 5.14. The van der Waals surface area contributed by atoms with Crippen molar-refractivity contribution >= 4 is 5.82 Å². The van der Waals surface area contributed by atoms with Crippen molar-refractivity contribution in [1.29, 1.82) is 0 Å². The lowest BCUT2D eigenvalue weighted by molar-refractivity contribution is 0.626. The van der Waals surface area contributed by atoms with E-state index in [1.165, 1.54) is 5.56 Å². The lowest BCUT2D eigenvalue weighted by Gasteiger charge is -2.11. The molecular formula is C11H19N3. The molecule has 0 saturated carbocycles. The molecule has 3 heteroatoms. The second-order valence-electron chi connectivity index (χ2n) is 3.65. The molecule has 1 aromatic rings. The molecular weight excluding hydrogens is 174 g/mol. The third-order valence-electron chi connectivity index (χ3n) is 2.12. The Balaban J connectivity index is 2.34. The average Bonchev–Trinajstić information content (AvgIpc) is 2.17. The average molecular weight is 193 g/mol. The molecule has 1 rings (SSSR count). The first kappa shape index (κ1) is 11.0. The predicted molar refractivity (Wildman–Crippen MR) is 60.3 cm³/mol. The maximum absolute atomic E-state index is 5.87. The zero-order valence-corrected chi connectivity index (χ0v) is 8.96. The third-order valence-corrected chi connectivity index (χ3v) is 2.12. The van der Waals surface area contributed by atoms with Crippen LogP contribution in [0.3, 0.4) is 0 Å². The molecule has 0 aliphatic carbocycles. The van der Waals surface area contributed by atoms with Crippen molar-refractivity contribution in [1.82, 2.24) is 4.98 Å². The van der Waals surface area contributed by atoms with Gasteiger partial charge in [-0.15, -0.1) is 0 Å². The summed E-state index contributed by atoms with van der Waals surface area (Å²) in [6, 6.07) is 4.25. The van der Waals surface area contributed by atoms with Crippen molar-refractivity contribution in [2.24, 2.45) is 5.73 Å². The van der Waals surface area contributed by atoms with Crippen LogP contribution in [0.4, 0.5) is 5.82 Å². The molecule has 0 aliphatic rings. The molecule has 14 heavy (non-hydrogen) atoms. The van der Waals surface area contributed by atoms with Gasteiger partial charge in [0.25, 0.3) is 0 Å². The summed E-state index contributed by atoms with van der Waals surface area (Å²) in [6.07, 6.45) is 4.04. The molecule has 0 bridgehead atoms. The number of hydrogen-bond acceptors (Lipinski definition) is 3. The summed E-state index contributed by atoms with van der Waals surface area (Å²) in [7, 11) is 0. The summed E-state index contributed by atoms with van der Waals surface area (Å²) in [5.74, 6) is 0.905. The fourth-order valence-corrected chi connectivity index (χ4v) is 1.28. The van der Waals surface area contributed by atoms with Gasteiger partial charge < -0.3 is 11.1 Å². The Kier molecular flexibility index (Phi) is 4.40. The van der Waals surface area contributed by atoms with E-state index < -0.39 is 0 Å². The molecule has 0 spiro atoms. The summed E-state index contributed by atoms with van der Waals surface area (Å²) in [6.45, 7) is 4.97. The van der Waals surface area contributed by atoms with Crippen molar-refractivity contribution < 1.29 is 0 Å². The van der Waals surface area contributed by atoms with Gasteiger partial charge in [0.05, 0.1) is 0 Å². The summed E-state index contributed by atoms with van der Waals surface area (Å²) >= 11 is 0. The van der Waals surface area contributed by atoms with Gasteiger partial charge in [-0.25, -0.2) is 4.98 Å². The third kappa shape index (κ3) is 3.75. The fourth-order valence-electron chi connectivity index (χ4n) is 1.28. The number of anilines is 1. The second kappa shape index (κ2) is 5.60. The number of pyridine rings is 1. The minimum atomic E-state index is 0.225. The Hall–Kier alpha value is -1.09. The van der Waals surface area contributed by atoms with E-state index in [-0.39, 0.29) is 6.04 Å². The zero-order chi connectivity index (χ0) is 10.4. The molecule has 0 aliphatic heterocycles.